The minimum atomic E-state index is -0.385. The van der Waals surface area contributed by atoms with Gasteiger partial charge in [0.05, 0.1) is 29.2 Å². The maximum Gasteiger partial charge on any atom is 0.266 e. The van der Waals surface area contributed by atoms with E-state index in [1.165, 1.54) is 31.2 Å². The van der Waals surface area contributed by atoms with Crippen molar-refractivity contribution in [1.29, 1.82) is 0 Å². The lowest BCUT2D eigenvalue weighted by molar-refractivity contribution is -0.134. The molecule has 1 atom stereocenters. The van der Waals surface area contributed by atoms with Crippen molar-refractivity contribution < 1.29 is 9.53 Å². The lowest BCUT2D eigenvalue weighted by atomic mass is 10.0. The smallest absolute Gasteiger partial charge is 0.266 e. The second-order valence-corrected chi connectivity index (χ2v) is 9.59. The summed E-state index contributed by atoms with van der Waals surface area (Å²) in [6.07, 6.45) is 7.35. The van der Waals surface area contributed by atoms with Crippen molar-refractivity contribution in [2.24, 2.45) is 5.92 Å². The molecule has 186 valence electrons. The minimum Gasteiger partial charge on any atom is -0.383 e. The quantitative estimate of drug-likeness (QED) is 0.391. The second kappa shape index (κ2) is 11.6. The molecule has 0 bridgehead atoms. The average Bonchev–Trinajstić information content (AvgIpc) is 3.41. The van der Waals surface area contributed by atoms with E-state index in [1.54, 1.807) is 11.7 Å². The summed E-state index contributed by atoms with van der Waals surface area (Å²) in [4.78, 5) is 33.9. The van der Waals surface area contributed by atoms with E-state index in [2.05, 4.69) is 6.92 Å². The van der Waals surface area contributed by atoms with Crippen LogP contribution in [-0.2, 0) is 16.0 Å². The second-order valence-electron chi connectivity index (χ2n) is 9.59. The highest BCUT2D eigenvalue weighted by atomic mass is 16.5. The lowest BCUT2D eigenvalue weighted by Crippen LogP contribution is -2.39. The lowest BCUT2D eigenvalue weighted by Gasteiger charge is -2.31. The Morgan fingerprint density at radius 1 is 1.14 bits per heavy atom. The Hall–Kier alpha value is -2.99. The van der Waals surface area contributed by atoms with E-state index < -0.39 is 0 Å². The predicted octanol–water partition coefficient (Wildman–Crippen LogP) is 5.45. The number of hydrogen-bond donors (Lipinski definition) is 0. The summed E-state index contributed by atoms with van der Waals surface area (Å²) in [5.41, 5.74) is 2.49. The summed E-state index contributed by atoms with van der Waals surface area (Å²) >= 11 is 0. The van der Waals surface area contributed by atoms with Crippen molar-refractivity contribution in [3.8, 4) is 5.69 Å². The van der Waals surface area contributed by atoms with E-state index in [0.29, 0.717) is 42.2 Å². The molecule has 4 rings (SSSR count). The fourth-order valence-electron chi connectivity index (χ4n) is 5.19. The molecule has 1 saturated carbocycles. The van der Waals surface area contributed by atoms with Gasteiger partial charge in [0, 0.05) is 20.1 Å². The number of methoxy groups -OCH3 is 1. The molecule has 1 heterocycles. The van der Waals surface area contributed by atoms with Gasteiger partial charge in [-0.1, -0.05) is 56.9 Å². The summed E-state index contributed by atoms with van der Waals surface area (Å²) in [6.45, 7) is 4.97. The summed E-state index contributed by atoms with van der Waals surface area (Å²) in [5.74, 6) is 1.31. The van der Waals surface area contributed by atoms with Crippen LogP contribution in [-0.4, -0.2) is 40.6 Å². The molecule has 3 aromatic rings. The largest absolute Gasteiger partial charge is 0.383 e. The summed E-state index contributed by atoms with van der Waals surface area (Å²) < 4.78 is 7.02. The van der Waals surface area contributed by atoms with Gasteiger partial charge in [0.25, 0.3) is 5.56 Å². The molecule has 2 aromatic carbocycles. The van der Waals surface area contributed by atoms with Gasteiger partial charge < -0.3 is 9.64 Å². The fourth-order valence-corrected chi connectivity index (χ4v) is 5.19. The van der Waals surface area contributed by atoms with Crippen LogP contribution in [0.1, 0.15) is 69.8 Å². The number of para-hydroxylation sites is 1. The van der Waals surface area contributed by atoms with Crippen LogP contribution in [0.5, 0.6) is 0 Å². The van der Waals surface area contributed by atoms with Gasteiger partial charge in [0.15, 0.2) is 0 Å². The number of amides is 1. The molecule has 0 N–H and O–H groups in total. The summed E-state index contributed by atoms with van der Waals surface area (Å²) in [7, 11) is 1.64. The van der Waals surface area contributed by atoms with Gasteiger partial charge in [-0.2, -0.15) is 0 Å². The normalized spacial score (nSPS) is 14.9. The Bertz CT molecular complexity index is 1200. The number of aromatic nitrogens is 2. The third-order valence-electron chi connectivity index (χ3n) is 7.34. The molecule has 1 aromatic heterocycles. The first-order valence-corrected chi connectivity index (χ1v) is 12.9. The Labute approximate surface area is 207 Å². The number of carbonyl (C=O) groups excluding carboxylic acids is 1. The molecule has 1 amide bonds. The third-order valence-corrected chi connectivity index (χ3v) is 7.34. The summed E-state index contributed by atoms with van der Waals surface area (Å²) in [5, 5.41) is 0.569. The van der Waals surface area contributed by atoms with Crippen molar-refractivity contribution in [1.82, 2.24) is 14.5 Å². The zero-order chi connectivity index (χ0) is 24.8. The molecule has 0 saturated heterocycles. The van der Waals surface area contributed by atoms with Crippen molar-refractivity contribution in [2.75, 3.05) is 20.3 Å². The molecule has 0 spiro atoms. The monoisotopic (exact) mass is 475 g/mol. The van der Waals surface area contributed by atoms with Crippen LogP contribution in [0.3, 0.4) is 0 Å². The number of hydrogen-bond acceptors (Lipinski definition) is 4. The van der Waals surface area contributed by atoms with Crippen molar-refractivity contribution in [2.45, 2.75) is 64.8 Å². The zero-order valence-corrected chi connectivity index (χ0v) is 21.2. The fraction of sp³-hybridized carbons (Fsp3) is 0.483. The van der Waals surface area contributed by atoms with Gasteiger partial charge in [-0.05, 0) is 55.5 Å². The topological polar surface area (TPSA) is 64.4 Å². The zero-order valence-electron chi connectivity index (χ0n) is 21.2. The molecule has 6 nitrogen and oxygen atoms in total. The number of rotatable bonds is 10. The molecule has 1 aliphatic rings. The van der Waals surface area contributed by atoms with Crippen LogP contribution in [0, 0.1) is 5.92 Å². The molecule has 35 heavy (non-hydrogen) atoms. The number of ether oxygens (including phenoxy) is 1. The van der Waals surface area contributed by atoms with Crippen LogP contribution in [0.25, 0.3) is 16.6 Å². The average molecular weight is 476 g/mol. The Balaban J connectivity index is 1.75. The summed E-state index contributed by atoms with van der Waals surface area (Å²) in [6, 6.07) is 15.0. The highest BCUT2D eigenvalue weighted by molar-refractivity contribution is 5.79. The number of aryl methyl sites for hydroxylation is 1. The molecule has 1 unspecified atom stereocenters. The van der Waals surface area contributed by atoms with Gasteiger partial charge in [0.2, 0.25) is 5.91 Å². The third kappa shape index (κ3) is 5.64. The first-order chi connectivity index (χ1) is 17.0. The molecule has 6 heteroatoms. The number of benzene rings is 2. The standard InChI is InChI=1S/C29H37N3O3/c1-4-22-13-16-24(17-14-22)32-28(30-26-12-8-7-11-25(26)29(32)34)21(2)31(19-20-35-3)27(33)18-15-23-9-5-6-10-23/h7-8,11-14,16-17,21,23H,4-6,9-10,15,18-20H2,1-3H3. The molecule has 0 radical (unpaired) electrons. The number of carbonyl (C=O) groups is 1. The van der Waals surface area contributed by atoms with E-state index in [1.807, 2.05) is 60.4 Å². The molecular formula is C29H37N3O3. The van der Waals surface area contributed by atoms with Crippen molar-refractivity contribution in [3.63, 3.8) is 0 Å². The van der Waals surface area contributed by atoms with Gasteiger partial charge >= 0.3 is 0 Å². The van der Waals surface area contributed by atoms with E-state index in [-0.39, 0.29) is 17.5 Å². The van der Waals surface area contributed by atoms with Gasteiger partial charge in [-0.15, -0.1) is 0 Å². The van der Waals surface area contributed by atoms with Crippen molar-refractivity contribution in [3.05, 3.63) is 70.3 Å². The van der Waals surface area contributed by atoms with Crippen LogP contribution in [0.2, 0.25) is 0 Å². The molecule has 1 fully saturated rings. The molecule has 1 aliphatic carbocycles. The predicted molar refractivity (Wildman–Crippen MR) is 140 cm³/mol. The Morgan fingerprint density at radius 2 is 1.86 bits per heavy atom. The Kier molecular flexibility index (Phi) is 8.34. The number of nitrogens with zero attached hydrogens (tertiary/aromatic N) is 3. The van der Waals surface area contributed by atoms with E-state index in [4.69, 9.17) is 9.72 Å². The van der Waals surface area contributed by atoms with Gasteiger partial charge in [-0.25, -0.2) is 4.98 Å². The highest BCUT2D eigenvalue weighted by Gasteiger charge is 2.27. The van der Waals surface area contributed by atoms with E-state index in [9.17, 15) is 9.59 Å². The highest BCUT2D eigenvalue weighted by Crippen LogP contribution is 2.30. The van der Waals surface area contributed by atoms with Crippen LogP contribution in [0.4, 0.5) is 0 Å². The van der Waals surface area contributed by atoms with Crippen LogP contribution < -0.4 is 5.56 Å². The van der Waals surface area contributed by atoms with Crippen LogP contribution >= 0.6 is 0 Å². The Morgan fingerprint density at radius 3 is 2.54 bits per heavy atom. The van der Waals surface area contributed by atoms with Crippen molar-refractivity contribution >= 4 is 16.8 Å². The molecule has 0 aliphatic heterocycles. The van der Waals surface area contributed by atoms with Crippen LogP contribution in [0.15, 0.2) is 53.3 Å². The SMILES string of the molecule is CCc1ccc(-n2c(C(C)N(CCOC)C(=O)CCC3CCCC3)nc3ccccc3c2=O)cc1. The molecular weight excluding hydrogens is 438 g/mol. The first kappa shape index (κ1) is 25.1. The first-order valence-electron chi connectivity index (χ1n) is 12.9. The van der Waals surface area contributed by atoms with Gasteiger partial charge in [0.1, 0.15) is 5.82 Å². The van der Waals surface area contributed by atoms with E-state index in [0.717, 1.165) is 18.5 Å². The number of fused-ring (bicyclic) bond motifs is 1. The minimum absolute atomic E-state index is 0.0942. The van der Waals surface area contributed by atoms with Gasteiger partial charge in [-0.3, -0.25) is 14.2 Å². The maximum atomic E-state index is 13.7. The van der Waals surface area contributed by atoms with E-state index >= 15 is 0 Å². The maximum absolute atomic E-state index is 13.7.